The maximum absolute atomic E-state index is 12.9. The number of hydrogen-bond acceptors (Lipinski definition) is 3. The Morgan fingerprint density at radius 2 is 1.18 bits per heavy atom. The summed E-state index contributed by atoms with van der Waals surface area (Å²) < 4.78 is 0. The number of carbonyl (C=O) groups excluding carboxylic acids is 1. The lowest BCUT2D eigenvalue weighted by Crippen LogP contribution is -2.55. The molecule has 4 N–H and O–H groups in total. The fourth-order valence-corrected chi connectivity index (χ4v) is 4.80. The number of aryl methyl sites for hydroxylation is 2. The van der Waals surface area contributed by atoms with E-state index < -0.39 is 17.5 Å². The van der Waals surface area contributed by atoms with Crippen molar-refractivity contribution in [3.63, 3.8) is 0 Å². The second-order valence-electron chi connectivity index (χ2n) is 8.71. The summed E-state index contributed by atoms with van der Waals surface area (Å²) in [4.78, 5) is 12.9. The summed E-state index contributed by atoms with van der Waals surface area (Å²) in [6.07, 6.45) is 0.404. The van der Waals surface area contributed by atoms with Gasteiger partial charge in [-0.25, -0.2) is 0 Å². The molecule has 0 spiro atoms. The van der Waals surface area contributed by atoms with Crippen molar-refractivity contribution in [3.05, 3.63) is 137 Å². The molecule has 4 aromatic rings. The molecule has 34 heavy (non-hydrogen) atoms. The molecule has 0 saturated heterocycles. The van der Waals surface area contributed by atoms with Crippen LogP contribution in [0.5, 0.6) is 5.75 Å². The molecular formula is C30H30N2O2. The van der Waals surface area contributed by atoms with E-state index in [4.69, 9.17) is 5.73 Å². The lowest BCUT2D eigenvalue weighted by atomic mass is 9.76. The van der Waals surface area contributed by atoms with Crippen molar-refractivity contribution in [2.75, 3.05) is 0 Å². The van der Waals surface area contributed by atoms with Gasteiger partial charge in [0, 0.05) is 0 Å². The van der Waals surface area contributed by atoms with E-state index in [1.165, 1.54) is 0 Å². The molecule has 0 bridgehead atoms. The van der Waals surface area contributed by atoms with E-state index in [0.717, 1.165) is 33.4 Å². The molecule has 4 nitrogen and oxygen atoms in total. The molecule has 0 aliphatic carbocycles. The second kappa shape index (κ2) is 9.94. The maximum Gasteiger partial charge on any atom is 0.234 e. The van der Waals surface area contributed by atoms with Gasteiger partial charge >= 0.3 is 0 Å². The van der Waals surface area contributed by atoms with Crippen LogP contribution in [0.4, 0.5) is 0 Å². The molecule has 0 aliphatic heterocycles. The van der Waals surface area contributed by atoms with Crippen LogP contribution in [-0.4, -0.2) is 17.1 Å². The molecule has 0 aliphatic rings. The fourth-order valence-electron chi connectivity index (χ4n) is 4.80. The second-order valence-corrected chi connectivity index (χ2v) is 8.71. The van der Waals surface area contributed by atoms with Crippen molar-refractivity contribution < 1.29 is 9.90 Å². The summed E-state index contributed by atoms with van der Waals surface area (Å²) in [5, 5.41) is 13.7. The summed E-state index contributed by atoms with van der Waals surface area (Å²) in [6.45, 7) is 3.89. The van der Waals surface area contributed by atoms with Gasteiger partial charge in [-0.15, -0.1) is 0 Å². The van der Waals surface area contributed by atoms with Gasteiger partial charge in [-0.3, -0.25) is 10.1 Å². The monoisotopic (exact) mass is 450 g/mol. The van der Waals surface area contributed by atoms with E-state index in [9.17, 15) is 9.90 Å². The van der Waals surface area contributed by atoms with Crippen LogP contribution in [0.3, 0.4) is 0 Å². The Labute approximate surface area is 201 Å². The van der Waals surface area contributed by atoms with Crippen molar-refractivity contribution in [1.82, 2.24) is 5.32 Å². The lowest BCUT2D eigenvalue weighted by Gasteiger charge is -2.39. The van der Waals surface area contributed by atoms with Crippen LogP contribution in [0.2, 0.25) is 0 Å². The summed E-state index contributed by atoms with van der Waals surface area (Å²) in [7, 11) is 0. The van der Waals surface area contributed by atoms with E-state index in [-0.39, 0.29) is 5.75 Å². The van der Waals surface area contributed by atoms with Gasteiger partial charge in [0.1, 0.15) is 5.75 Å². The number of hydrogen-bond donors (Lipinski definition) is 3. The molecule has 172 valence electrons. The molecule has 0 fully saturated rings. The van der Waals surface area contributed by atoms with Crippen LogP contribution >= 0.6 is 0 Å². The van der Waals surface area contributed by atoms with E-state index >= 15 is 0 Å². The number of amides is 1. The number of nitrogens with two attached hydrogens (primary N) is 1. The molecule has 4 rings (SSSR count). The first kappa shape index (κ1) is 23.3. The Morgan fingerprint density at radius 3 is 1.53 bits per heavy atom. The largest absolute Gasteiger partial charge is 0.508 e. The number of phenols is 1. The van der Waals surface area contributed by atoms with Crippen molar-refractivity contribution in [3.8, 4) is 5.75 Å². The van der Waals surface area contributed by atoms with Gasteiger partial charge < -0.3 is 10.8 Å². The summed E-state index contributed by atoms with van der Waals surface area (Å²) in [6, 6.07) is 33.2. The fraction of sp³-hybridized carbons (Fsp3) is 0.167. The number of nitrogens with one attached hydrogen (secondary N) is 1. The number of carbonyl (C=O) groups is 1. The Hall–Kier alpha value is -3.89. The highest BCUT2D eigenvalue weighted by Gasteiger charge is 2.39. The highest BCUT2D eigenvalue weighted by molar-refractivity contribution is 5.81. The Morgan fingerprint density at radius 1 is 0.794 bits per heavy atom. The summed E-state index contributed by atoms with van der Waals surface area (Å²) >= 11 is 0. The van der Waals surface area contributed by atoms with Crippen LogP contribution in [0.25, 0.3) is 0 Å². The van der Waals surface area contributed by atoms with E-state index in [1.54, 1.807) is 12.1 Å². The predicted octanol–water partition coefficient (Wildman–Crippen LogP) is 4.99. The third-order valence-corrected chi connectivity index (χ3v) is 6.44. The first-order valence-electron chi connectivity index (χ1n) is 11.4. The standard InChI is InChI=1S/C30H30N2O2/c1-21-18-26(33)19-22(2)27(21)20-28(29(31)34)32-30(23-12-6-3-7-13-23,24-14-8-4-9-15-24)25-16-10-5-11-17-25/h3-19,28,32-33H,20H2,1-2H3,(H2,31,34)/t28-/m0/s1. The average Bonchev–Trinajstić information content (AvgIpc) is 2.85. The predicted molar refractivity (Wildman–Crippen MR) is 137 cm³/mol. The third-order valence-electron chi connectivity index (χ3n) is 6.44. The lowest BCUT2D eigenvalue weighted by molar-refractivity contribution is -0.120. The quantitative estimate of drug-likeness (QED) is 0.331. The molecule has 4 aromatic carbocycles. The van der Waals surface area contributed by atoms with Gasteiger partial charge in [0.15, 0.2) is 0 Å². The minimum atomic E-state index is -0.803. The van der Waals surface area contributed by atoms with Crippen LogP contribution in [0, 0.1) is 13.8 Å². The minimum Gasteiger partial charge on any atom is -0.508 e. The molecule has 1 amide bonds. The van der Waals surface area contributed by atoms with Gasteiger partial charge in [-0.1, -0.05) is 91.0 Å². The Balaban J connectivity index is 1.90. The normalized spacial score (nSPS) is 12.3. The highest BCUT2D eigenvalue weighted by atomic mass is 16.3. The zero-order valence-electron chi connectivity index (χ0n) is 19.5. The summed E-state index contributed by atoms with van der Waals surface area (Å²) in [5.74, 6) is -0.214. The summed E-state index contributed by atoms with van der Waals surface area (Å²) in [5.41, 5.74) is 11.1. The van der Waals surface area contributed by atoms with E-state index in [1.807, 2.05) is 68.4 Å². The highest BCUT2D eigenvalue weighted by Crippen LogP contribution is 2.37. The number of rotatable bonds is 8. The van der Waals surface area contributed by atoms with Crippen molar-refractivity contribution in [2.24, 2.45) is 5.73 Å². The average molecular weight is 451 g/mol. The first-order valence-corrected chi connectivity index (χ1v) is 11.4. The zero-order valence-corrected chi connectivity index (χ0v) is 19.5. The maximum atomic E-state index is 12.9. The Bertz CT molecular complexity index is 1140. The third kappa shape index (κ3) is 4.59. The van der Waals surface area contributed by atoms with Crippen LogP contribution in [0.15, 0.2) is 103 Å². The van der Waals surface area contributed by atoms with Gasteiger partial charge in [0.2, 0.25) is 5.91 Å². The first-order chi connectivity index (χ1) is 16.4. The van der Waals surface area contributed by atoms with Gasteiger partial charge in [-0.05, 0) is 65.8 Å². The van der Waals surface area contributed by atoms with Crippen LogP contribution < -0.4 is 11.1 Å². The van der Waals surface area contributed by atoms with E-state index in [0.29, 0.717) is 6.42 Å². The van der Waals surface area contributed by atoms with Gasteiger partial charge in [0.25, 0.3) is 0 Å². The van der Waals surface area contributed by atoms with Crippen LogP contribution in [-0.2, 0) is 16.8 Å². The smallest absolute Gasteiger partial charge is 0.234 e. The molecular weight excluding hydrogens is 420 g/mol. The minimum absolute atomic E-state index is 0.217. The Kier molecular flexibility index (Phi) is 6.80. The molecule has 1 atom stereocenters. The molecule has 0 aromatic heterocycles. The number of aromatic hydroxyl groups is 1. The van der Waals surface area contributed by atoms with Gasteiger partial charge in [-0.2, -0.15) is 0 Å². The SMILES string of the molecule is Cc1cc(O)cc(C)c1C[C@H](NC(c1ccccc1)(c1ccccc1)c1ccccc1)C(N)=O. The molecule has 0 radical (unpaired) electrons. The number of benzene rings is 4. The number of phenolic OH excluding ortho intramolecular Hbond substituents is 1. The topological polar surface area (TPSA) is 75.3 Å². The molecule has 0 saturated carbocycles. The van der Waals surface area contributed by atoms with Crippen LogP contribution in [0.1, 0.15) is 33.4 Å². The molecule has 4 heteroatoms. The molecule has 0 unspecified atom stereocenters. The van der Waals surface area contributed by atoms with Crippen molar-refractivity contribution >= 4 is 5.91 Å². The van der Waals surface area contributed by atoms with Crippen molar-refractivity contribution in [1.29, 1.82) is 0 Å². The van der Waals surface area contributed by atoms with Gasteiger partial charge in [0.05, 0.1) is 11.6 Å². The van der Waals surface area contributed by atoms with E-state index in [2.05, 4.69) is 41.7 Å². The number of primary amides is 1. The van der Waals surface area contributed by atoms with Crippen molar-refractivity contribution in [2.45, 2.75) is 31.8 Å². The zero-order chi connectivity index (χ0) is 24.1. The molecule has 0 heterocycles.